The van der Waals surface area contributed by atoms with Gasteiger partial charge in [-0.05, 0) is 56.6 Å². The Kier molecular flexibility index (Phi) is 6.92. The summed E-state index contributed by atoms with van der Waals surface area (Å²) < 4.78 is 12.1. The standard InChI is InChI=1S/C24H33N3O4S/c28-13-1-9-25-23(29)18-6-7-20-21(18)22-19(8-10-26-24(22)32-20)31-17-4-2-16(3-5-17)27-11-14-30-15-12-27/h8,10,16-18,28H,1-7,9,11-15H2,(H,25,29)/t16?,17?,18-/m0/s1. The normalized spacial score (nSPS) is 26.2. The van der Waals surface area contributed by atoms with E-state index in [4.69, 9.17) is 14.6 Å². The lowest BCUT2D eigenvalue weighted by molar-refractivity contribution is -0.122. The number of morpholine rings is 1. The Bertz CT molecular complexity index is 935. The molecule has 1 atom stereocenters. The molecule has 8 heteroatoms. The van der Waals surface area contributed by atoms with Crippen LogP contribution in [0.15, 0.2) is 12.3 Å². The summed E-state index contributed by atoms with van der Waals surface area (Å²) in [6, 6.07) is 2.62. The van der Waals surface area contributed by atoms with Gasteiger partial charge < -0.3 is 19.9 Å². The predicted molar refractivity (Wildman–Crippen MR) is 124 cm³/mol. The highest BCUT2D eigenvalue weighted by Gasteiger charge is 2.35. The van der Waals surface area contributed by atoms with Crippen LogP contribution in [0, 0.1) is 0 Å². The third kappa shape index (κ3) is 4.51. The number of thiophene rings is 1. The molecule has 2 N–H and O–H groups in total. The number of aliphatic hydroxyl groups excluding tert-OH is 1. The van der Waals surface area contributed by atoms with Gasteiger partial charge in [0, 0.05) is 43.4 Å². The van der Waals surface area contributed by atoms with Crippen LogP contribution in [0.1, 0.15) is 54.9 Å². The number of fused-ring (bicyclic) bond motifs is 3. The van der Waals surface area contributed by atoms with Crippen molar-refractivity contribution in [3.63, 3.8) is 0 Å². The molecule has 0 unspecified atom stereocenters. The number of carbonyl (C=O) groups is 1. The molecule has 174 valence electrons. The summed E-state index contributed by atoms with van der Waals surface area (Å²) in [5.74, 6) is 0.788. The van der Waals surface area contributed by atoms with E-state index in [0.29, 0.717) is 19.0 Å². The first-order valence-corrected chi connectivity index (χ1v) is 12.8. The predicted octanol–water partition coefficient (Wildman–Crippen LogP) is 2.85. The van der Waals surface area contributed by atoms with Crippen LogP contribution in [-0.2, 0) is 16.0 Å². The van der Waals surface area contributed by atoms with Gasteiger partial charge >= 0.3 is 0 Å². The minimum Gasteiger partial charge on any atom is -0.490 e. The number of aliphatic hydroxyl groups is 1. The molecule has 1 saturated carbocycles. The van der Waals surface area contributed by atoms with E-state index in [-0.39, 0.29) is 24.5 Å². The van der Waals surface area contributed by atoms with E-state index >= 15 is 0 Å². The molecule has 3 heterocycles. The molecular formula is C24H33N3O4S. The fourth-order valence-electron chi connectivity index (χ4n) is 5.46. The summed E-state index contributed by atoms with van der Waals surface area (Å²) in [7, 11) is 0. The number of rotatable bonds is 7. The molecule has 3 aliphatic rings. The van der Waals surface area contributed by atoms with Crippen molar-refractivity contribution in [2.45, 2.75) is 63.0 Å². The molecular weight excluding hydrogens is 426 g/mol. The second kappa shape index (κ2) is 10.0. The zero-order chi connectivity index (χ0) is 21.9. The summed E-state index contributed by atoms with van der Waals surface area (Å²) in [5.41, 5.74) is 1.12. The molecule has 1 saturated heterocycles. The Morgan fingerprint density at radius 3 is 2.84 bits per heavy atom. The average molecular weight is 460 g/mol. The van der Waals surface area contributed by atoms with Crippen LogP contribution in [0.5, 0.6) is 5.75 Å². The van der Waals surface area contributed by atoms with Crippen LogP contribution < -0.4 is 10.1 Å². The van der Waals surface area contributed by atoms with Crippen LogP contribution in [-0.4, -0.2) is 72.5 Å². The van der Waals surface area contributed by atoms with Crippen molar-refractivity contribution < 1.29 is 19.4 Å². The molecule has 32 heavy (non-hydrogen) atoms. The number of nitrogens with zero attached hydrogens (tertiary/aromatic N) is 2. The van der Waals surface area contributed by atoms with E-state index < -0.39 is 0 Å². The average Bonchev–Trinajstić information content (AvgIpc) is 3.40. The number of nitrogens with one attached hydrogen (secondary N) is 1. The molecule has 2 aromatic heterocycles. The van der Waals surface area contributed by atoms with Gasteiger partial charge in [0.15, 0.2) is 0 Å². The Morgan fingerprint density at radius 1 is 1.25 bits per heavy atom. The number of pyridine rings is 1. The number of hydrogen-bond donors (Lipinski definition) is 2. The van der Waals surface area contributed by atoms with Gasteiger partial charge in [-0.3, -0.25) is 9.69 Å². The molecule has 5 rings (SSSR count). The number of ether oxygens (including phenoxy) is 2. The molecule has 7 nitrogen and oxygen atoms in total. The minimum atomic E-state index is -0.152. The first-order valence-electron chi connectivity index (χ1n) is 12.0. The first kappa shape index (κ1) is 22.1. The zero-order valence-electron chi connectivity index (χ0n) is 18.6. The van der Waals surface area contributed by atoms with Crippen molar-refractivity contribution in [1.29, 1.82) is 0 Å². The van der Waals surface area contributed by atoms with Gasteiger partial charge in [0.1, 0.15) is 10.6 Å². The molecule has 2 fully saturated rings. The Labute approximate surface area is 193 Å². The van der Waals surface area contributed by atoms with E-state index in [9.17, 15) is 4.79 Å². The number of amides is 1. The number of aryl methyl sites for hydroxylation is 1. The molecule has 2 aliphatic carbocycles. The summed E-state index contributed by atoms with van der Waals surface area (Å²) in [4.78, 5) is 22.3. The molecule has 0 bridgehead atoms. The topological polar surface area (TPSA) is 83.9 Å². The quantitative estimate of drug-likeness (QED) is 0.620. The second-order valence-electron chi connectivity index (χ2n) is 9.08. The van der Waals surface area contributed by atoms with Crippen molar-refractivity contribution in [3.05, 3.63) is 22.7 Å². The van der Waals surface area contributed by atoms with Crippen molar-refractivity contribution >= 4 is 27.5 Å². The number of aromatic nitrogens is 1. The summed E-state index contributed by atoms with van der Waals surface area (Å²) in [6.45, 7) is 4.39. The number of carbonyl (C=O) groups excluding carboxylic acids is 1. The Hall–Kier alpha value is -1.74. The van der Waals surface area contributed by atoms with Gasteiger partial charge in [0.05, 0.1) is 30.6 Å². The van der Waals surface area contributed by atoms with Crippen LogP contribution in [0.2, 0.25) is 0 Å². The van der Waals surface area contributed by atoms with E-state index in [1.54, 1.807) is 11.3 Å². The lowest BCUT2D eigenvalue weighted by Crippen LogP contribution is -2.46. The maximum atomic E-state index is 12.8. The lowest BCUT2D eigenvalue weighted by atomic mass is 9.91. The van der Waals surface area contributed by atoms with E-state index in [2.05, 4.69) is 15.2 Å². The van der Waals surface area contributed by atoms with Crippen molar-refractivity contribution in [3.8, 4) is 5.75 Å². The molecule has 1 aliphatic heterocycles. The van der Waals surface area contributed by atoms with E-state index in [1.807, 2.05) is 12.3 Å². The van der Waals surface area contributed by atoms with Crippen LogP contribution >= 0.6 is 11.3 Å². The van der Waals surface area contributed by atoms with Crippen molar-refractivity contribution in [2.24, 2.45) is 0 Å². The van der Waals surface area contributed by atoms with Crippen molar-refractivity contribution in [1.82, 2.24) is 15.2 Å². The smallest absolute Gasteiger partial charge is 0.227 e. The number of hydrogen-bond acceptors (Lipinski definition) is 7. The molecule has 0 radical (unpaired) electrons. The highest BCUT2D eigenvalue weighted by Crippen LogP contribution is 2.47. The molecule has 2 aromatic rings. The largest absolute Gasteiger partial charge is 0.490 e. The second-order valence-corrected chi connectivity index (χ2v) is 10.2. The van der Waals surface area contributed by atoms with Gasteiger partial charge in [-0.2, -0.15) is 0 Å². The van der Waals surface area contributed by atoms with Crippen LogP contribution in [0.4, 0.5) is 0 Å². The first-order chi connectivity index (χ1) is 15.7. The third-order valence-corrected chi connectivity index (χ3v) is 8.30. The fraction of sp³-hybridized carbons (Fsp3) is 0.667. The summed E-state index contributed by atoms with van der Waals surface area (Å²) in [5, 5.41) is 13.0. The summed E-state index contributed by atoms with van der Waals surface area (Å²) >= 11 is 1.70. The highest BCUT2D eigenvalue weighted by atomic mass is 32.1. The molecule has 0 spiro atoms. The van der Waals surface area contributed by atoms with Crippen molar-refractivity contribution in [2.75, 3.05) is 39.5 Å². The SMILES string of the molecule is O=C(NCCCO)[C@H]1CCc2sc3nccc(OC4CCC(N5CCOCC5)CC4)c3c21. The maximum absolute atomic E-state index is 12.8. The molecule has 1 amide bonds. The van der Waals surface area contributed by atoms with Gasteiger partial charge in [-0.1, -0.05) is 0 Å². The fourth-order valence-corrected chi connectivity index (χ4v) is 6.69. The van der Waals surface area contributed by atoms with E-state index in [1.165, 1.54) is 4.88 Å². The van der Waals surface area contributed by atoms with Gasteiger partial charge in [0.25, 0.3) is 0 Å². The zero-order valence-corrected chi connectivity index (χ0v) is 19.4. The lowest BCUT2D eigenvalue weighted by Gasteiger charge is -2.38. The summed E-state index contributed by atoms with van der Waals surface area (Å²) in [6.07, 6.45) is 8.82. The van der Waals surface area contributed by atoms with E-state index in [0.717, 1.165) is 86.4 Å². The Balaban J connectivity index is 1.30. The maximum Gasteiger partial charge on any atom is 0.227 e. The molecule has 0 aromatic carbocycles. The van der Waals surface area contributed by atoms with Gasteiger partial charge in [0.2, 0.25) is 5.91 Å². The van der Waals surface area contributed by atoms with Crippen LogP contribution in [0.3, 0.4) is 0 Å². The minimum absolute atomic E-state index is 0.0534. The third-order valence-electron chi connectivity index (χ3n) is 7.13. The van der Waals surface area contributed by atoms with Crippen LogP contribution in [0.25, 0.3) is 10.2 Å². The highest BCUT2D eigenvalue weighted by molar-refractivity contribution is 7.19. The van der Waals surface area contributed by atoms with Gasteiger partial charge in [-0.15, -0.1) is 11.3 Å². The monoisotopic (exact) mass is 459 g/mol. The Morgan fingerprint density at radius 2 is 2.06 bits per heavy atom. The van der Waals surface area contributed by atoms with Gasteiger partial charge in [-0.25, -0.2) is 4.98 Å².